The molecule has 0 aromatic heterocycles. The normalized spacial score (nSPS) is 20.1. The first-order valence-corrected chi connectivity index (χ1v) is 12.7. The van der Waals surface area contributed by atoms with Crippen LogP contribution in [-0.4, -0.2) is 67.0 Å². The third-order valence-electron chi connectivity index (χ3n) is 6.67. The molecule has 36 heavy (non-hydrogen) atoms. The lowest BCUT2D eigenvalue weighted by Gasteiger charge is -2.34. The fourth-order valence-electron chi connectivity index (χ4n) is 4.93. The van der Waals surface area contributed by atoms with Gasteiger partial charge in [0, 0.05) is 12.0 Å². The minimum absolute atomic E-state index is 0.111. The number of methoxy groups -OCH3 is 1. The predicted molar refractivity (Wildman–Crippen MR) is 137 cm³/mol. The minimum atomic E-state index is -0.396. The first-order chi connectivity index (χ1) is 17.5. The summed E-state index contributed by atoms with van der Waals surface area (Å²) in [5.74, 6) is 1.10. The summed E-state index contributed by atoms with van der Waals surface area (Å²) in [6.45, 7) is 5.46. The molecule has 1 saturated heterocycles. The maximum atomic E-state index is 13.7. The molecule has 8 nitrogen and oxygen atoms in total. The number of piperidine rings is 1. The van der Waals surface area contributed by atoms with Gasteiger partial charge in [0.15, 0.2) is 0 Å². The Morgan fingerprint density at radius 2 is 1.81 bits per heavy atom. The number of benzene rings is 2. The van der Waals surface area contributed by atoms with E-state index in [9.17, 15) is 9.59 Å². The number of likely N-dealkylation sites (tertiary alicyclic amines) is 1. The second-order valence-corrected chi connectivity index (χ2v) is 8.94. The Balaban J connectivity index is 1.61. The number of carbonyl (C=O) groups is 2. The van der Waals surface area contributed by atoms with Crippen molar-refractivity contribution in [3.05, 3.63) is 59.7 Å². The van der Waals surface area contributed by atoms with Crippen LogP contribution in [0.5, 0.6) is 11.5 Å². The van der Waals surface area contributed by atoms with Crippen LogP contribution in [0, 0.1) is 0 Å². The summed E-state index contributed by atoms with van der Waals surface area (Å²) in [6, 6.07) is 14.9. The SMILES string of the molecule is CCOC(=O)[C@H]1CCCCN1CC(=O)N1N=C(c2ccccc2OC)C[C@@H]1c1ccc(OCC)cc1. The van der Waals surface area contributed by atoms with Gasteiger partial charge in [-0.2, -0.15) is 5.10 Å². The van der Waals surface area contributed by atoms with Crippen molar-refractivity contribution in [3.63, 3.8) is 0 Å². The Hall–Kier alpha value is -3.39. The number of hydrogen-bond acceptors (Lipinski definition) is 7. The van der Waals surface area contributed by atoms with Gasteiger partial charge < -0.3 is 14.2 Å². The highest BCUT2D eigenvalue weighted by atomic mass is 16.5. The Morgan fingerprint density at radius 1 is 1.03 bits per heavy atom. The predicted octanol–water partition coefficient (Wildman–Crippen LogP) is 4.19. The lowest BCUT2D eigenvalue weighted by atomic mass is 9.97. The highest BCUT2D eigenvalue weighted by molar-refractivity contribution is 6.05. The molecule has 4 rings (SSSR count). The van der Waals surface area contributed by atoms with Crippen molar-refractivity contribution in [3.8, 4) is 11.5 Å². The summed E-state index contributed by atoms with van der Waals surface area (Å²) in [6.07, 6.45) is 3.15. The molecule has 192 valence electrons. The van der Waals surface area contributed by atoms with E-state index in [1.807, 2.05) is 60.4 Å². The van der Waals surface area contributed by atoms with Gasteiger partial charge in [0.2, 0.25) is 0 Å². The Labute approximate surface area is 212 Å². The number of esters is 1. The summed E-state index contributed by atoms with van der Waals surface area (Å²) < 4.78 is 16.4. The first-order valence-electron chi connectivity index (χ1n) is 12.7. The molecule has 2 aromatic carbocycles. The van der Waals surface area contributed by atoms with Crippen molar-refractivity contribution in [2.75, 3.05) is 33.4 Å². The fraction of sp³-hybridized carbons (Fsp3) is 0.464. The van der Waals surface area contributed by atoms with Crippen LogP contribution in [0.3, 0.4) is 0 Å². The van der Waals surface area contributed by atoms with Gasteiger partial charge in [-0.15, -0.1) is 0 Å². The summed E-state index contributed by atoms with van der Waals surface area (Å²) in [4.78, 5) is 28.2. The van der Waals surface area contributed by atoms with Crippen LogP contribution >= 0.6 is 0 Å². The summed E-state index contributed by atoms with van der Waals surface area (Å²) in [7, 11) is 1.63. The number of carbonyl (C=O) groups excluding carboxylic acids is 2. The van der Waals surface area contributed by atoms with Gasteiger partial charge in [0.1, 0.15) is 17.5 Å². The molecule has 2 aromatic rings. The van der Waals surface area contributed by atoms with Crippen LogP contribution in [-0.2, 0) is 14.3 Å². The third-order valence-corrected chi connectivity index (χ3v) is 6.67. The van der Waals surface area contributed by atoms with Crippen molar-refractivity contribution in [1.29, 1.82) is 0 Å². The molecule has 1 amide bonds. The van der Waals surface area contributed by atoms with Gasteiger partial charge in [-0.3, -0.25) is 14.5 Å². The Kier molecular flexibility index (Phi) is 8.59. The van der Waals surface area contributed by atoms with E-state index >= 15 is 0 Å². The molecule has 1 fully saturated rings. The molecule has 0 aliphatic carbocycles. The van der Waals surface area contributed by atoms with Crippen molar-refractivity contribution in [2.45, 2.75) is 51.6 Å². The van der Waals surface area contributed by atoms with E-state index in [0.717, 1.165) is 41.2 Å². The minimum Gasteiger partial charge on any atom is -0.496 e. The van der Waals surface area contributed by atoms with Crippen molar-refractivity contribution < 1.29 is 23.8 Å². The molecule has 0 saturated carbocycles. The molecular weight excluding hydrogens is 458 g/mol. The van der Waals surface area contributed by atoms with E-state index in [-0.39, 0.29) is 24.5 Å². The smallest absolute Gasteiger partial charge is 0.323 e. The maximum absolute atomic E-state index is 13.7. The number of amides is 1. The second-order valence-electron chi connectivity index (χ2n) is 8.94. The number of nitrogens with zero attached hydrogens (tertiary/aromatic N) is 3. The Bertz CT molecular complexity index is 1080. The third kappa shape index (κ3) is 5.70. The molecule has 2 aliphatic heterocycles. The number of rotatable bonds is 9. The summed E-state index contributed by atoms with van der Waals surface area (Å²) in [5, 5.41) is 6.38. The van der Waals surface area contributed by atoms with E-state index in [0.29, 0.717) is 32.6 Å². The zero-order valence-corrected chi connectivity index (χ0v) is 21.3. The van der Waals surface area contributed by atoms with E-state index in [1.165, 1.54) is 0 Å². The topological polar surface area (TPSA) is 80.7 Å². The summed E-state index contributed by atoms with van der Waals surface area (Å²) >= 11 is 0. The highest BCUT2D eigenvalue weighted by Crippen LogP contribution is 2.36. The van der Waals surface area contributed by atoms with Crippen LogP contribution in [0.25, 0.3) is 0 Å². The summed E-state index contributed by atoms with van der Waals surface area (Å²) in [5.41, 5.74) is 2.63. The van der Waals surface area contributed by atoms with Gasteiger partial charge in [-0.25, -0.2) is 5.01 Å². The van der Waals surface area contributed by atoms with Crippen LogP contribution in [0.1, 0.15) is 56.7 Å². The average Bonchev–Trinajstić information content (AvgIpc) is 3.35. The number of hydrazone groups is 1. The van der Waals surface area contributed by atoms with Gasteiger partial charge >= 0.3 is 5.97 Å². The molecule has 2 heterocycles. The van der Waals surface area contributed by atoms with Crippen LogP contribution in [0.4, 0.5) is 0 Å². The van der Waals surface area contributed by atoms with Crippen molar-refractivity contribution >= 4 is 17.6 Å². The molecule has 0 N–H and O–H groups in total. The van der Waals surface area contributed by atoms with Gasteiger partial charge in [0.25, 0.3) is 5.91 Å². The van der Waals surface area contributed by atoms with E-state index in [1.54, 1.807) is 19.0 Å². The molecule has 2 aliphatic rings. The lowest BCUT2D eigenvalue weighted by molar-refractivity contribution is -0.152. The highest BCUT2D eigenvalue weighted by Gasteiger charge is 2.37. The number of hydrogen-bond donors (Lipinski definition) is 0. The number of para-hydroxylation sites is 1. The molecule has 0 unspecified atom stereocenters. The van der Waals surface area contributed by atoms with Gasteiger partial charge in [0.05, 0.1) is 38.6 Å². The molecule has 0 radical (unpaired) electrons. The van der Waals surface area contributed by atoms with Crippen LogP contribution in [0.2, 0.25) is 0 Å². The second kappa shape index (κ2) is 12.0. The largest absolute Gasteiger partial charge is 0.496 e. The maximum Gasteiger partial charge on any atom is 0.323 e. The van der Waals surface area contributed by atoms with Crippen molar-refractivity contribution in [1.82, 2.24) is 9.91 Å². The van der Waals surface area contributed by atoms with Gasteiger partial charge in [-0.05, 0) is 63.1 Å². The zero-order valence-electron chi connectivity index (χ0n) is 21.3. The standard InChI is InChI=1S/C28H35N3O5/c1-4-35-21-15-13-20(14-16-21)25-18-23(22-10-6-7-12-26(22)34-3)29-31(25)27(32)19-30-17-9-8-11-24(30)28(33)36-5-2/h6-7,10,12-16,24-25H,4-5,8-9,11,17-19H2,1-3H3/t24-,25-/m1/s1. The van der Waals surface area contributed by atoms with Crippen LogP contribution < -0.4 is 9.47 Å². The molecule has 8 heteroatoms. The molecule has 0 spiro atoms. The molecule has 0 bridgehead atoms. The monoisotopic (exact) mass is 493 g/mol. The lowest BCUT2D eigenvalue weighted by Crippen LogP contribution is -2.49. The van der Waals surface area contributed by atoms with Crippen LogP contribution in [0.15, 0.2) is 53.6 Å². The van der Waals surface area contributed by atoms with E-state index in [2.05, 4.69) is 0 Å². The first kappa shape index (κ1) is 25.7. The number of ether oxygens (including phenoxy) is 3. The quantitative estimate of drug-likeness (QED) is 0.488. The molecular formula is C28H35N3O5. The Morgan fingerprint density at radius 3 is 2.53 bits per heavy atom. The van der Waals surface area contributed by atoms with E-state index in [4.69, 9.17) is 19.3 Å². The van der Waals surface area contributed by atoms with Crippen molar-refractivity contribution in [2.24, 2.45) is 5.10 Å². The fourth-order valence-corrected chi connectivity index (χ4v) is 4.93. The molecule has 2 atom stereocenters. The average molecular weight is 494 g/mol. The zero-order chi connectivity index (χ0) is 25.5. The van der Waals surface area contributed by atoms with E-state index < -0.39 is 6.04 Å². The van der Waals surface area contributed by atoms with Gasteiger partial charge in [-0.1, -0.05) is 30.7 Å².